The summed E-state index contributed by atoms with van der Waals surface area (Å²) in [5, 5.41) is 4.74. The maximum atomic E-state index is 5.87. The fourth-order valence-corrected chi connectivity index (χ4v) is 2.46. The number of aromatic nitrogens is 6. The van der Waals surface area contributed by atoms with Gasteiger partial charge < -0.3 is 0 Å². The van der Waals surface area contributed by atoms with E-state index in [1.165, 1.54) is 17.3 Å². The van der Waals surface area contributed by atoms with E-state index in [0.717, 1.165) is 12.2 Å². The van der Waals surface area contributed by atoms with Crippen LogP contribution in [0.5, 0.6) is 0 Å². The SMILES string of the molecule is CC(C)CCSc1nc(Cl)nc(-n2cncn2)n1. The smallest absolute Gasteiger partial charge is 0.223 e. The number of rotatable bonds is 5. The van der Waals surface area contributed by atoms with E-state index in [9.17, 15) is 0 Å². The van der Waals surface area contributed by atoms with Gasteiger partial charge in [0.15, 0.2) is 5.16 Å². The van der Waals surface area contributed by atoms with Gasteiger partial charge in [-0.3, -0.25) is 0 Å². The second-order valence-electron chi connectivity index (χ2n) is 4.06. The van der Waals surface area contributed by atoms with Crippen LogP contribution in [0.1, 0.15) is 20.3 Å². The van der Waals surface area contributed by atoms with Gasteiger partial charge in [0.1, 0.15) is 12.7 Å². The zero-order valence-corrected chi connectivity index (χ0v) is 11.7. The van der Waals surface area contributed by atoms with Gasteiger partial charge in [0.25, 0.3) is 5.95 Å². The van der Waals surface area contributed by atoms with Crippen molar-refractivity contribution in [2.24, 2.45) is 5.92 Å². The first-order chi connectivity index (χ1) is 8.65. The molecule has 0 saturated carbocycles. The van der Waals surface area contributed by atoms with Gasteiger partial charge in [0.05, 0.1) is 0 Å². The standard InChI is InChI=1S/C10H13ClN6S/c1-7(2)3-4-18-10-15-8(11)14-9(16-10)17-6-12-5-13-17/h5-7H,3-4H2,1-2H3. The average Bonchev–Trinajstić information content (AvgIpc) is 2.81. The maximum absolute atomic E-state index is 5.87. The van der Waals surface area contributed by atoms with Crippen molar-refractivity contribution in [2.45, 2.75) is 25.4 Å². The van der Waals surface area contributed by atoms with E-state index in [-0.39, 0.29) is 5.28 Å². The summed E-state index contributed by atoms with van der Waals surface area (Å²) in [6.07, 6.45) is 4.05. The van der Waals surface area contributed by atoms with Crippen molar-refractivity contribution in [2.75, 3.05) is 5.75 Å². The molecular weight excluding hydrogens is 272 g/mol. The number of nitrogens with zero attached hydrogens (tertiary/aromatic N) is 6. The Morgan fingerprint density at radius 3 is 2.83 bits per heavy atom. The van der Waals surface area contributed by atoms with Gasteiger partial charge in [0.2, 0.25) is 5.28 Å². The highest BCUT2D eigenvalue weighted by atomic mass is 35.5. The quantitative estimate of drug-likeness (QED) is 0.784. The van der Waals surface area contributed by atoms with Crippen molar-refractivity contribution in [3.8, 4) is 5.95 Å². The Labute approximate surface area is 114 Å². The van der Waals surface area contributed by atoms with Gasteiger partial charge in [-0.2, -0.15) is 24.7 Å². The molecule has 0 unspecified atom stereocenters. The van der Waals surface area contributed by atoms with Crippen LogP contribution in [0.15, 0.2) is 17.8 Å². The Morgan fingerprint density at radius 1 is 1.33 bits per heavy atom. The Hall–Kier alpha value is -1.21. The molecule has 0 saturated heterocycles. The molecule has 18 heavy (non-hydrogen) atoms. The van der Waals surface area contributed by atoms with Gasteiger partial charge in [-0.1, -0.05) is 25.6 Å². The van der Waals surface area contributed by atoms with Gasteiger partial charge in [-0.05, 0) is 23.9 Å². The zero-order chi connectivity index (χ0) is 13.0. The van der Waals surface area contributed by atoms with E-state index in [1.807, 2.05) is 0 Å². The third kappa shape index (κ3) is 3.64. The van der Waals surface area contributed by atoms with Crippen molar-refractivity contribution < 1.29 is 0 Å². The van der Waals surface area contributed by atoms with Crippen LogP contribution in [0, 0.1) is 5.92 Å². The lowest BCUT2D eigenvalue weighted by atomic mass is 10.2. The molecule has 0 fully saturated rings. The first-order valence-electron chi connectivity index (χ1n) is 5.54. The van der Waals surface area contributed by atoms with Crippen molar-refractivity contribution >= 4 is 23.4 Å². The van der Waals surface area contributed by atoms with Crippen LogP contribution < -0.4 is 0 Å². The van der Waals surface area contributed by atoms with E-state index in [1.54, 1.807) is 11.8 Å². The van der Waals surface area contributed by atoms with Crippen LogP contribution in [-0.4, -0.2) is 35.5 Å². The normalized spacial score (nSPS) is 11.1. The molecule has 0 radical (unpaired) electrons. The largest absolute Gasteiger partial charge is 0.257 e. The molecule has 0 aliphatic heterocycles. The molecule has 0 N–H and O–H groups in total. The first kappa shape index (κ1) is 13.2. The van der Waals surface area contributed by atoms with Gasteiger partial charge >= 0.3 is 0 Å². The molecule has 0 atom stereocenters. The summed E-state index contributed by atoms with van der Waals surface area (Å²) in [6.45, 7) is 4.36. The summed E-state index contributed by atoms with van der Waals surface area (Å²) in [5.41, 5.74) is 0. The highest BCUT2D eigenvalue weighted by Gasteiger charge is 2.08. The van der Waals surface area contributed by atoms with Gasteiger partial charge in [-0.15, -0.1) is 0 Å². The number of hydrogen-bond acceptors (Lipinski definition) is 6. The lowest BCUT2D eigenvalue weighted by Crippen LogP contribution is -2.05. The average molecular weight is 285 g/mol. The summed E-state index contributed by atoms with van der Waals surface area (Å²) in [7, 11) is 0. The minimum atomic E-state index is 0.169. The molecule has 0 spiro atoms. The molecule has 0 aliphatic carbocycles. The van der Waals surface area contributed by atoms with E-state index >= 15 is 0 Å². The molecule has 0 bridgehead atoms. The predicted octanol–water partition coefficient (Wildman–Crippen LogP) is 2.24. The van der Waals surface area contributed by atoms with Crippen molar-refractivity contribution in [1.82, 2.24) is 29.7 Å². The fraction of sp³-hybridized carbons (Fsp3) is 0.500. The molecule has 0 aliphatic rings. The maximum Gasteiger partial charge on any atom is 0.257 e. The minimum absolute atomic E-state index is 0.169. The molecule has 0 amide bonds. The highest BCUT2D eigenvalue weighted by molar-refractivity contribution is 7.99. The number of halogens is 1. The van der Waals surface area contributed by atoms with Crippen LogP contribution >= 0.6 is 23.4 Å². The predicted molar refractivity (Wildman–Crippen MR) is 69.9 cm³/mol. The summed E-state index contributed by atoms with van der Waals surface area (Å²) in [6, 6.07) is 0. The Morgan fingerprint density at radius 2 is 2.17 bits per heavy atom. The highest BCUT2D eigenvalue weighted by Crippen LogP contribution is 2.18. The molecule has 8 heteroatoms. The van der Waals surface area contributed by atoms with E-state index in [4.69, 9.17) is 11.6 Å². The van der Waals surface area contributed by atoms with Crippen LogP contribution in [0.2, 0.25) is 5.28 Å². The Bertz CT molecular complexity index is 501. The number of thioether (sulfide) groups is 1. The van der Waals surface area contributed by atoms with E-state index < -0.39 is 0 Å². The van der Waals surface area contributed by atoms with E-state index in [2.05, 4.69) is 38.9 Å². The summed E-state index contributed by atoms with van der Waals surface area (Å²) in [5.74, 6) is 2.00. The van der Waals surface area contributed by atoms with Crippen LogP contribution in [-0.2, 0) is 0 Å². The second kappa shape index (κ2) is 6.10. The molecule has 2 heterocycles. The summed E-state index contributed by atoms with van der Waals surface area (Å²) < 4.78 is 1.46. The van der Waals surface area contributed by atoms with Crippen LogP contribution in [0.4, 0.5) is 0 Å². The van der Waals surface area contributed by atoms with Crippen molar-refractivity contribution in [3.63, 3.8) is 0 Å². The summed E-state index contributed by atoms with van der Waals surface area (Å²) >= 11 is 7.44. The zero-order valence-electron chi connectivity index (χ0n) is 10.1. The fourth-order valence-electron chi connectivity index (χ4n) is 1.19. The van der Waals surface area contributed by atoms with Crippen LogP contribution in [0.25, 0.3) is 5.95 Å². The first-order valence-corrected chi connectivity index (χ1v) is 6.91. The second-order valence-corrected chi connectivity index (χ2v) is 5.46. The number of hydrogen-bond donors (Lipinski definition) is 0. The van der Waals surface area contributed by atoms with Gasteiger partial charge in [-0.25, -0.2) is 4.98 Å². The Kier molecular flexibility index (Phi) is 4.48. The lowest BCUT2D eigenvalue weighted by molar-refractivity contribution is 0.631. The lowest BCUT2D eigenvalue weighted by Gasteiger charge is -2.04. The van der Waals surface area contributed by atoms with Crippen molar-refractivity contribution in [3.05, 3.63) is 17.9 Å². The van der Waals surface area contributed by atoms with Gasteiger partial charge in [0, 0.05) is 5.75 Å². The molecule has 2 rings (SSSR count). The monoisotopic (exact) mass is 284 g/mol. The molecule has 0 aromatic carbocycles. The van der Waals surface area contributed by atoms with E-state index in [0.29, 0.717) is 17.0 Å². The van der Waals surface area contributed by atoms with Crippen LogP contribution in [0.3, 0.4) is 0 Å². The third-order valence-corrected chi connectivity index (χ3v) is 3.18. The third-order valence-electron chi connectivity index (χ3n) is 2.13. The summed E-state index contributed by atoms with van der Waals surface area (Å²) in [4.78, 5) is 16.2. The Balaban J connectivity index is 2.12. The molecule has 6 nitrogen and oxygen atoms in total. The topological polar surface area (TPSA) is 69.4 Å². The van der Waals surface area contributed by atoms with Crippen molar-refractivity contribution in [1.29, 1.82) is 0 Å². The minimum Gasteiger partial charge on any atom is -0.223 e. The molecule has 2 aromatic rings. The molecular formula is C10H13ClN6S. The molecule has 96 valence electrons. The molecule has 2 aromatic heterocycles.